The molecule has 0 aliphatic heterocycles. The van der Waals surface area contributed by atoms with Crippen LogP contribution in [0.15, 0.2) is 30.3 Å². The molecule has 1 aromatic rings. The predicted octanol–water partition coefficient (Wildman–Crippen LogP) is 0.511. The number of halogens is 3. The Bertz CT molecular complexity index is 408. The zero-order valence-corrected chi connectivity index (χ0v) is 9.37. The highest BCUT2D eigenvalue weighted by Crippen LogP contribution is 2.38. The van der Waals surface area contributed by atoms with Gasteiger partial charge < -0.3 is 16.2 Å². The fourth-order valence-corrected chi connectivity index (χ4v) is 1.38. The third kappa shape index (κ3) is 2.99. The molecule has 0 saturated carbocycles. The summed E-state index contributed by atoms with van der Waals surface area (Å²) in [6.45, 7) is -1.42. The van der Waals surface area contributed by atoms with Gasteiger partial charge in [0.25, 0.3) is 0 Å². The van der Waals surface area contributed by atoms with E-state index in [1.807, 2.05) is 5.32 Å². The normalized spacial score (nSPS) is 14.9. The van der Waals surface area contributed by atoms with E-state index in [2.05, 4.69) is 0 Å². The highest BCUT2D eigenvalue weighted by Gasteiger charge is 2.54. The van der Waals surface area contributed by atoms with Crippen molar-refractivity contribution >= 4 is 5.91 Å². The molecular weight excluding hydrogens is 249 g/mol. The van der Waals surface area contributed by atoms with Crippen LogP contribution in [0.25, 0.3) is 0 Å². The lowest BCUT2D eigenvalue weighted by Crippen LogP contribution is -2.51. The number of alkyl halides is 3. The summed E-state index contributed by atoms with van der Waals surface area (Å²) in [6.07, 6.45) is -4.91. The molecule has 0 radical (unpaired) electrons. The Morgan fingerprint density at radius 1 is 1.28 bits per heavy atom. The van der Waals surface area contributed by atoms with Crippen molar-refractivity contribution in [1.29, 1.82) is 0 Å². The van der Waals surface area contributed by atoms with Crippen molar-refractivity contribution < 1.29 is 23.1 Å². The van der Waals surface area contributed by atoms with Crippen molar-refractivity contribution in [2.75, 3.05) is 13.1 Å². The number of carbonyl (C=O) groups is 1. The van der Waals surface area contributed by atoms with Gasteiger partial charge in [-0.25, -0.2) is 0 Å². The zero-order chi connectivity index (χ0) is 13.8. The molecule has 0 spiro atoms. The highest BCUT2D eigenvalue weighted by molar-refractivity contribution is 5.77. The fourth-order valence-electron chi connectivity index (χ4n) is 1.38. The van der Waals surface area contributed by atoms with Gasteiger partial charge in [-0.05, 0) is 5.56 Å². The second-order valence-corrected chi connectivity index (χ2v) is 3.70. The second-order valence-electron chi connectivity index (χ2n) is 3.70. The molecule has 0 aromatic heterocycles. The van der Waals surface area contributed by atoms with E-state index in [1.54, 1.807) is 0 Å². The Labute approximate surface area is 102 Å². The Morgan fingerprint density at radius 2 is 1.83 bits per heavy atom. The molecule has 4 N–H and O–H groups in total. The van der Waals surface area contributed by atoms with Crippen LogP contribution in [0.1, 0.15) is 5.56 Å². The van der Waals surface area contributed by atoms with Crippen molar-refractivity contribution in [1.82, 2.24) is 5.32 Å². The van der Waals surface area contributed by atoms with Gasteiger partial charge in [-0.2, -0.15) is 13.2 Å². The number of aliphatic hydroxyl groups is 1. The van der Waals surface area contributed by atoms with Crippen LogP contribution in [0.5, 0.6) is 0 Å². The summed E-state index contributed by atoms with van der Waals surface area (Å²) in [6, 6.07) is 6.55. The van der Waals surface area contributed by atoms with E-state index in [0.717, 1.165) is 12.1 Å². The van der Waals surface area contributed by atoms with Gasteiger partial charge in [0, 0.05) is 0 Å². The topological polar surface area (TPSA) is 75.4 Å². The molecule has 0 fully saturated rings. The van der Waals surface area contributed by atoms with Crippen LogP contribution in [0.2, 0.25) is 0 Å². The molecule has 4 nitrogen and oxygen atoms in total. The lowest BCUT2D eigenvalue weighted by molar-refractivity contribution is -0.264. The lowest BCUT2D eigenvalue weighted by atomic mass is 9.93. The quantitative estimate of drug-likeness (QED) is 0.740. The summed E-state index contributed by atoms with van der Waals surface area (Å²) in [5.74, 6) is -0.770. The van der Waals surface area contributed by atoms with Crippen LogP contribution in [0.4, 0.5) is 13.2 Å². The number of nitrogens with two attached hydrogens (primary N) is 1. The molecular formula is C11H13F3N2O2. The Balaban J connectivity index is 3.01. The molecule has 1 unspecified atom stereocenters. The number of rotatable bonds is 4. The molecule has 1 rings (SSSR count). The maximum Gasteiger partial charge on any atom is 0.423 e. The van der Waals surface area contributed by atoms with Gasteiger partial charge in [-0.1, -0.05) is 30.3 Å². The molecule has 1 atom stereocenters. The van der Waals surface area contributed by atoms with Gasteiger partial charge in [-0.15, -0.1) is 0 Å². The highest BCUT2D eigenvalue weighted by atomic mass is 19.4. The first-order valence-corrected chi connectivity index (χ1v) is 5.12. The third-order valence-corrected chi connectivity index (χ3v) is 2.45. The van der Waals surface area contributed by atoms with Gasteiger partial charge in [0.15, 0.2) is 0 Å². The van der Waals surface area contributed by atoms with Crippen molar-refractivity contribution in [3.8, 4) is 0 Å². The average Bonchev–Trinajstić information content (AvgIpc) is 2.35. The summed E-state index contributed by atoms with van der Waals surface area (Å²) in [5.41, 5.74) is 1.51. The first kappa shape index (κ1) is 14.5. The molecule has 7 heteroatoms. The van der Waals surface area contributed by atoms with Gasteiger partial charge >= 0.3 is 6.18 Å². The fraction of sp³-hybridized carbons (Fsp3) is 0.364. The van der Waals surface area contributed by atoms with Crippen LogP contribution in [0, 0.1) is 0 Å². The first-order valence-electron chi connectivity index (χ1n) is 5.12. The van der Waals surface area contributed by atoms with Crippen LogP contribution < -0.4 is 11.1 Å². The van der Waals surface area contributed by atoms with E-state index in [0.29, 0.717) is 0 Å². The van der Waals surface area contributed by atoms with Crippen LogP contribution >= 0.6 is 0 Å². The summed E-state index contributed by atoms with van der Waals surface area (Å²) < 4.78 is 38.7. The Kier molecular flexibility index (Phi) is 4.31. The maximum absolute atomic E-state index is 12.9. The standard InChI is InChI=1S/C11H13F3N2O2/c12-11(13,14)10(18,7-16-9(17)6-15)8-4-2-1-3-5-8/h1-5,18H,6-7,15H2,(H,16,17). The zero-order valence-electron chi connectivity index (χ0n) is 9.37. The number of amides is 1. The SMILES string of the molecule is NCC(=O)NCC(O)(c1ccccc1)C(F)(F)F. The van der Waals surface area contributed by atoms with Gasteiger partial charge in [0.2, 0.25) is 11.5 Å². The smallest absolute Gasteiger partial charge is 0.375 e. The summed E-state index contributed by atoms with van der Waals surface area (Å²) in [7, 11) is 0. The molecule has 0 aliphatic carbocycles. The van der Waals surface area contributed by atoms with E-state index in [-0.39, 0.29) is 5.56 Å². The van der Waals surface area contributed by atoms with Crippen LogP contribution in [-0.4, -0.2) is 30.3 Å². The number of hydrogen-bond donors (Lipinski definition) is 3. The summed E-state index contributed by atoms with van der Waals surface area (Å²) in [4.78, 5) is 10.9. The minimum absolute atomic E-state index is 0.338. The number of benzene rings is 1. The minimum atomic E-state index is -4.91. The van der Waals surface area contributed by atoms with Crippen molar-refractivity contribution in [2.45, 2.75) is 11.8 Å². The predicted molar refractivity (Wildman–Crippen MR) is 58.5 cm³/mol. The summed E-state index contributed by atoms with van der Waals surface area (Å²) >= 11 is 0. The Morgan fingerprint density at radius 3 is 2.28 bits per heavy atom. The van der Waals surface area contributed by atoms with Gasteiger partial charge in [-0.3, -0.25) is 4.79 Å². The number of nitrogens with one attached hydrogen (secondary N) is 1. The van der Waals surface area contributed by atoms with E-state index >= 15 is 0 Å². The van der Waals surface area contributed by atoms with E-state index in [1.165, 1.54) is 18.2 Å². The van der Waals surface area contributed by atoms with E-state index in [4.69, 9.17) is 5.73 Å². The van der Waals surface area contributed by atoms with Crippen LogP contribution in [-0.2, 0) is 10.4 Å². The summed E-state index contributed by atoms with van der Waals surface area (Å²) in [5, 5.41) is 11.7. The number of carbonyl (C=O) groups excluding carboxylic acids is 1. The molecule has 0 saturated heterocycles. The van der Waals surface area contributed by atoms with Crippen molar-refractivity contribution in [3.63, 3.8) is 0 Å². The monoisotopic (exact) mass is 262 g/mol. The van der Waals surface area contributed by atoms with Gasteiger partial charge in [0.05, 0.1) is 13.1 Å². The first-order chi connectivity index (χ1) is 8.31. The molecule has 0 heterocycles. The molecule has 0 bridgehead atoms. The van der Waals surface area contributed by atoms with Gasteiger partial charge in [0.1, 0.15) is 0 Å². The Hall–Kier alpha value is -1.60. The molecule has 1 amide bonds. The lowest BCUT2D eigenvalue weighted by Gasteiger charge is -2.31. The van der Waals surface area contributed by atoms with Crippen molar-refractivity contribution in [2.24, 2.45) is 5.73 Å². The van der Waals surface area contributed by atoms with E-state index < -0.39 is 30.8 Å². The van der Waals surface area contributed by atoms with Crippen LogP contribution in [0.3, 0.4) is 0 Å². The molecule has 1 aromatic carbocycles. The molecule has 100 valence electrons. The third-order valence-electron chi connectivity index (χ3n) is 2.45. The largest absolute Gasteiger partial charge is 0.423 e. The molecule has 18 heavy (non-hydrogen) atoms. The maximum atomic E-state index is 12.9. The van der Waals surface area contributed by atoms with E-state index in [9.17, 15) is 23.1 Å². The number of hydrogen-bond acceptors (Lipinski definition) is 3. The van der Waals surface area contributed by atoms with Crippen molar-refractivity contribution in [3.05, 3.63) is 35.9 Å². The average molecular weight is 262 g/mol. The molecule has 0 aliphatic rings. The second kappa shape index (κ2) is 5.36. The minimum Gasteiger partial charge on any atom is -0.375 e.